The second-order valence-electron chi connectivity index (χ2n) is 9.39. The largest absolute Gasteiger partial charge is 0.508 e. The highest BCUT2D eigenvalue weighted by Crippen LogP contribution is 2.52. The lowest BCUT2D eigenvalue weighted by atomic mass is 9.95. The van der Waals surface area contributed by atoms with E-state index in [1.807, 2.05) is 0 Å². The standard InChI is InChI=1S/C30H18O12/c31-13-8-17(34)25-20(9-13)41-23(28(25)38)7-12-3-14(27(37)19(36)5-12)24-18(35)10-21-26(30(24)40)29(39)22(42-21)6-11-1-2-15(32)16(33)4-11/h1-10,31-37,40H. The van der Waals surface area contributed by atoms with E-state index < -0.39 is 51.6 Å². The molecule has 0 saturated heterocycles. The highest BCUT2D eigenvalue weighted by atomic mass is 16.5. The van der Waals surface area contributed by atoms with Gasteiger partial charge >= 0.3 is 0 Å². The molecule has 0 unspecified atom stereocenters. The predicted octanol–water partition coefficient (Wildman–Crippen LogP) is 4.23. The number of phenols is 8. The maximum absolute atomic E-state index is 13.2. The first-order valence-electron chi connectivity index (χ1n) is 12.0. The molecule has 210 valence electrons. The molecule has 12 nitrogen and oxygen atoms in total. The number of phenolic OH excluding ortho intramolecular Hbond substituents is 8. The van der Waals surface area contributed by atoms with Crippen LogP contribution in [0.3, 0.4) is 0 Å². The Labute approximate surface area is 234 Å². The lowest BCUT2D eigenvalue weighted by Crippen LogP contribution is -1.99. The van der Waals surface area contributed by atoms with Crippen molar-refractivity contribution in [3.63, 3.8) is 0 Å². The molecule has 12 heteroatoms. The van der Waals surface area contributed by atoms with E-state index in [1.165, 1.54) is 30.3 Å². The molecule has 6 rings (SSSR count). The minimum atomic E-state index is -0.802. The Morgan fingerprint density at radius 2 is 1.10 bits per heavy atom. The van der Waals surface area contributed by atoms with Gasteiger partial charge in [0.25, 0.3) is 0 Å². The molecule has 0 atom stereocenters. The second-order valence-corrected chi connectivity index (χ2v) is 9.39. The van der Waals surface area contributed by atoms with Gasteiger partial charge < -0.3 is 50.3 Å². The molecule has 4 aromatic rings. The van der Waals surface area contributed by atoms with E-state index in [1.54, 1.807) is 0 Å². The summed E-state index contributed by atoms with van der Waals surface area (Å²) in [5.74, 6) is -7.00. The van der Waals surface area contributed by atoms with Gasteiger partial charge in [-0.1, -0.05) is 6.07 Å². The number of ether oxygens (including phenoxy) is 2. The molecular formula is C30H18O12. The third kappa shape index (κ3) is 4.02. The molecule has 0 amide bonds. The quantitative estimate of drug-likeness (QED) is 0.128. The number of ketones is 2. The molecule has 0 radical (unpaired) electrons. The number of carbonyl (C=O) groups excluding carboxylic acids is 2. The first-order chi connectivity index (χ1) is 19.9. The number of hydrogen-bond donors (Lipinski definition) is 8. The Bertz CT molecular complexity index is 1950. The average Bonchev–Trinajstić information content (AvgIpc) is 3.39. The molecule has 2 aliphatic rings. The van der Waals surface area contributed by atoms with Crippen LogP contribution in [0.25, 0.3) is 23.3 Å². The van der Waals surface area contributed by atoms with Crippen molar-refractivity contribution in [2.24, 2.45) is 0 Å². The number of Topliss-reactive ketones (excluding diaryl/α,β-unsaturated/α-hetero) is 2. The molecule has 0 aromatic heterocycles. The zero-order chi connectivity index (χ0) is 30.0. The minimum absolute atomic E-state index is 0.0507. The van der Waals surface area contributed by atoms with Crippen LogP contribution in [0.15, 0.2) is 60.0 Å². The topological polar surface area (TPSA) is 214 Å². The van der Waals surface area contributed by atoms with Crippen molar-refractivity contribution in [1.82, 2.24) is 0 Å². The van der Waals surface area contributed by atoms with Gasteiger partial charge in [0, 0.05) is 23.8 Å². The van der Waals surface area contributed by atoms with Gasteiger partial charge in [-0.2, -0.15) is 0 Å². The number of aromatic hydroxyl groups is 8. The van der Waals surface area contributed by atoms with E-state index in [9.17, 15) is 50.4 Å². The fourth-order valence-corrected chi connectivity index (χ4v) is 4.71. The summed E-state index contributed by atoms with van der Waals surface area (Å²) in [6, 6.07) is 9.13. The van der Waals surface area contributed by atoms with Gasteiger partial charge in [0.05, 0.1) is 5.56 Å². The van der Waals surface area contributed by atoms with Crippen molar-refractivity contribution in [3.05, 3.63) is 82.3 Å². The molecule has 0 bridgehead atoms. The van der Waals surface area contributed by atoms with Crippen molar-refractivity contribution in [3.8, 4) is 68.6 Å². The molecule has 0 aliphatic carbocycles. The zero-order valence-corrected chi connectivity index (χ0v) is 21.0. The van der Waals surface area contributed by atoms with Gasteiger partial charge in [-0.25, -0.2) is 0 Å². The molecule has 2 aliphatic heterocycles. The van der Waals surface area contributed by atoms with E-state index in [-0.39, 0.29) is 62.3 Å². The Morgan fingerprint density at radius 3 is 1.79 bits per heavy atom. The number of fused-ring (bicyclic) bond motifs is 2. The monoisotopic (exact) mass is 570 g/mol. The number of rotatable bonds is 3. The van der Waals surface area contributed by atoms with E-state index in [0.717, 1.165) is 30.3 Å². The SMILES string of the molecule is O=C1C(=Cc2cc(O)c(O)c(-c3c(O)cc4c(c3O)C(=O)C(=Cc3ccc(O)c(O)c3)O4)c2)Oc2cc(O)cc(O)c21. The lowest BCUT2D eigenvalue weighted by Gasteiger charge is -2.13. The summed E-state index contributed by atoms with van der Waals surface area (Å²) in [4.78, 5) is 26.0. The first kappa shape index (κ1) is 26.0. The number of allylic oxidation sites excluding steroid dienone is 2. The summed E-state index contributed by atoms with van der Waals surface area (Å²) in [6.45, 7) is 0. The Morgan fingerprint density at radius 1 is 0.500 bits per heavy atom. The van der Waals surface area contributed by atoms with E-state index in [2.05, 4.69) is 0 Å². The summed E-state index contributed by atoms with van der Waals surface area (Å²) < 4.78 is 11.0. The molecule has 0 fully saturated rings. The van der Waals surface area contributed by atoms with Crippen molar-refractivity contribution in [2.45, 2.75) is 0 Å². The van der Waals surface area contributed by atoms with Crippen LogP contribution < -0.4 is 9.47 Å². The fraction of sp³-hybridized carbons (Fsp3) is 0. The van der Waals surface area contributed by atoms with E-state index in [0.29, 0.717) is 0 Å². The summed E-state index contributed by atoms with van der Waals surface area (Å²) in [5, 5.41) is 81.9. The zero-order valence-electron chi connectivity index (χ0n) is 21.0. The smallest absolute Gasteiger partial charge is 0.235 e. The Balaban J connectivity index is 1.41. The van der Waals surface area contributed by atoms with Crippen LogP contribution in [0.2, 0.25) is 0 Å². The van der Waals surface area contributed by atoms with Crippen molar-refractivity contribution in [1.29, 1.82) is 0 Å². The fourth-order valence-electron chi connectivity index (χ4n) is 4.71. The van der Waals surface area contributed by atoms with Crippen LogP contribution in [-0.2, 0) is 0 Å². The van der Waals surface area contributed by atoms with Crippen LogP contribution in [0, 0.1) is 0 Å². The Kier molecular flexibility index (Phi) is 5.64. The van der Waals surface area contributed by atoms with Gasteiger partial charge in [-0.15, -0.1) is 0 Å². The van der Waals surface area contributed by atoms with Crippen LogP contribution in [0.5, 0.6) is 57.5 Å². The predicted molar refractivity (Wildman–Crippen MR) is 144 cm³/mol. The summed E-state index contributed by atoms with van der Waals surface area (Å²) >= 11 is 0. The molecule has 8 N–H and O–H groups in total. The molecule has 42 heavy (non-hydrogen) atoms. The van der Waals surface area contributed by atoms with Gasteiger partial charge in [0.1, 0.15) is 45.6 Å². The first-order valence-corrected chi connectivity index (χ1v) is 12.0. The van der Waals surface area contributed by atoms with Gasteiger partial charge in [-0.05, 0) is 47.5 Å². The van der Waals surface area contributed by atoms with Crippen LogP contribution >= 0.6 is 0 Å². The molecule has 4 aromatic carbocycles. The third-order valence-corrected chi connectivity index (χ3v) is 6.63. The van der Waals surface area contributed by atoms with E-state index >= 15 is 0 Å². The summed E-state index contributed by atoms with van der Waals surface area (Å²) in [6.07, 6.45) is 2.40. The highest BCUT2D eigenvalue weighted by molar-refractivity contribution is 6.18. The second kappa shape index (κ2) is 9.13. The number of carbonyl (C=O) groups is 2. The van der Waals surface area contributed by atoms with Crippen molar-refractivity contribution in [2.75, 3.05) is 0 Å². The molecular weight excluding hydrogens is 552 g/mol. The lowest BCUT2D eigenvalue weighted by molar-refractivity contribution is 0.100. The number of hydrogen-bond acceptors (Lipinski definition) is 12. The normalized spacial score (nSPS) is 15.5. The van der Waals surface area contributed by atoms with Gasteiger partial charge in [-0.3, -0.25) is 9.59 Å². The van der Waals surface area contributed by atoms with Crippen LogP contribution in [0.1, 0.15) is 31.8 Å². The van der Waals surface area contributed by atoms with Crippen LogP contribution in [-0.4, -0.2) is 52.4 Å². The molecule has 0 saturated carbocycles. The average molecular weight is 570 g/mol. The van der Waals surface area contributed by atoms with Crippen molar-refractivity contribution >= 4 is 23.7 Å². The highest BCUT2D eigenvalue weighted by Gasteiger charge is 2.35. The maximum Gasteiger partial charge on any atom is 0.235 e. The number of benzene rings is 4. The van der Waals surface area contributed by atoms with Crippen LogP contribution in [0.4, 0.5) is 0 Å². The van der Waals surface area contributed by atoms with E-state index in [4.69, 9.17) is 9.47 Å². The third-order valence-electron chi connectivity index (χ3n) is 6.63. The summed E-state index contributed by atoms with van der Waals surface area (Å²) in [5.41, 5.74) is -0.984. The molecule has 0 spiro atoms. The Hall–Kier alpha value is -6.30. The summed E-state index contributed by atoms with van der Waals surface area (Å²) in [7, 11) is 0. The van der Waals surface area contributed by atoms with Gasteiger partial charge in [0.15, 0.2) is 34.5 Å². The maximum atomic E-state index is 13.2. The van der Waals surface area contributed by atoms with Crippen molar-refractivity contribution < 1.29 is 59.9 Å². The molecule has 2 heterocycles. The minimum Gasteiger partial charge on any atom is -0.508 e. The van der Waals surface area contributed by atoms with Gasteiger partial charge in [0.2, 0.25) is 11.6 Å².